The average molecular weight is 295 g/mol. The number of ether oxygens (including phenoxy) is 1. The Balaban J connectivity index is 2.38. The highest BCUT2D eigenvalue weighted by atomic mass is 19.1. The molecular formula is C15H18FNO4. The fraction of sp³-hybridized carbons (Fsp3) is 0.467. The van der Waals surface area contributed by atoms with Crippen molar-refractivity contribution in [2.75, 3.05) is 20.3 Å². The lowest BCUT2D eigenvalue weighted by Gasteiger charge is -2.34. The first-order chi connectivity index (χ1) is 9.90. The van der Waals surface area contributed by atoms with Gasteiger partial charge in [0.05, 0.1) is 6.61 Å². The predicted molar refractivity (Wildman–Crippen MR) is 73.7 cm³/mol. The largest absolute Gasteiger partial charge is 0.479 e. The predicted octanol–water partition coefficient (Wildman–Crippen LogP) is 1.84. The summed E-state index contributed by atoms with van der Waals surface area (Å²) in [5.41, 5.74) is -0.590. The van der Waals surface area contributed by atoms with Gasteiger partial charge in [-0.1, -0.05) is 0 Å². The van der Waals surface area contributed by atoms with Gasteiger partial charge in [0.15, 0.2) is 5.54 Å². The van der Waals surface area contributed by atoms with Gasteiger partial charge in [-0.2, -0.15) is 0 Å². The maximum absolute atomic E-state index is 13.5. The first-order valence-corrected chi connectivity index (χ1v) is 6.72. The summed E-state index contributed by atoms with van der Waals surface area (Å²) in [6.07, 6.45) is 0.909. The van der Waals surface area contributed by atoms with E-state index in [1.54, 1.807) is 13.0 Å². The minimum atomic E-state index is -1.37. The summed E-state index contributed by atoms with van der Waals surface area (Å²) in [5.74, 6) is -2.08. The number of carbonyl (C=O) groups excluding carboxylic acids is 1. The molecule has 1 fully saturated rings. The maximum Gasteiger partial charge on any atom is 0.332 e. The Morgan fingerprint density at radius 1 is 1.43 bits per heavy atom. The second-order valence-corrected chi connectivity index (χ2v) is 5.35. The summed E-state index contributed by atoms with van der Waals surface area (Å²) in [6.45, 7) is 1.93. The molecule has 1 aliphatic rings. The van der Waals surface area contributed by atoms with Gasteiger partial charge in [-0.3, -0.25) is 4.79 Å². The fourth-order valence-corrected chi connectivity index (χ4v) is 2.86. The number of carboxylic acids is 1. The Labute approximate surface area is 122 Å². The first kappa shape index (κ1) is 15.4. The topological polar surface area (TPSA) is 66.8 Å². The van der Waals surface area contributed by atoms with E-state index in [0.29, 0.717) is 24.9 Å². The Morgan fingerprint density at radius 2 is 2.14 bits per heavy atom. The van der Waals surface area contributed by atoms with Crippen molar-refractivity contribution >= 4 is 11.9 Å². The number of methoxy groups -OCH3 is 1. The molecule has 21 heavy (non-hydrogen) atoms. The zero-order chi connectivity index (χ0) is 15.6. The van der Waals surface area contributed by atoms with Crippen LogP contribution in [0.3, 0.4) is 0 Å². The van der Waals surface area contributed by atoms with Crippen LogP contribution in [0.4, 0.5) is 4.39 Å². The molecule has 1 atom stereocenters. The second-order valence-electron chi connectivity index (χ2n) is 5.35. The lowest BCUT2D eigenvalue weighted by molar-refractivity contribution is -0.151. The van der Waals surface area contributed by atoms with Crippen LogP contribution in [-0.2, 0) is 9.53 Å². The number of aliphatic carboxylic acids is 1. The Kier molecular flexibility index (Phi) is 4.27. The molecule has 1 N–H and O–H groups in total. The zero-order valence-corrected chi connectivity index (χ0v) is 12.1. The van der Waals surface area contributed by atoms with Gasteiger partial charge in [0.25, 0.3) is 5.91 Å². The number of rotatable bonds is 4. The number of carboxylic acid groups (broad SMARTS) is 1. The summed E-state index contributed by atoms with van der Waals surface area (Å²) < 4.78 is 18.5. The van der Waals surface area contributed by atoms with Crippen LogP contribution in [0.15, 0.2) is 18.2 Å². The van der Waals surface area contributed by atoms with E-state index in [9.17, 15) is 19.1 Å². The van der Waals surface area contributed by atoms with E-state index < -0.39 is 23.2 Å². The van der Waals surface area contributed by atoms with Crippen LogP contribution in [0.2, 0.25) is 0 Å². The van der Waals surface area contributed by atoms with Crippen molar-refractivity contribution in [2.45, 2.75) is 25.3 Å². The van der Waals surface area contributed by atoms with Gasteiger partial charge >= 0.3 is 5.97 Å². The van der Waals surface area contributed by atoms with E-state index in [2.05, 4.69) is 0 Å². The quantitative estimate of drug-likeness (QED) is 0.920. The molecule has 0 aromatic heterocycles. The molecule has 1 unspecified atom stereocenters. The molecule has 1 saturated heterocycles. The lowest BCUT2D eigenvalue weighted by atomic mass is 9.96. The minimum Gasteiger partial charge on any atom is -0.479 e. The highest BCUT2D eigenvalue weighted by Crippen LogP contribution is 2.32. The molecule has 1 heterocycles. The summed E-state index contributed by atoms with van der Waals surface area (Å²) >= 11 is 0. The minimum absolute atomic E-state index is 0.0810. The van der Waals surface area contributed by atoms with Gasteiger partial charge < -0.3 is 14.7 Å². The molecule has 1 amide bonds. The summed E-state index contributed by atoms with van der Waals surface area (Å²) in [7, 11) is 1.40. The van der Waals surface area contributed by atoms with Crippen LogP contribution >= 0.6 is 0 Å². The number of aryl methyl sites for hydroxylation is 1. The van der Waals surface area contributed by atoms with E-state index >= 15 is 0 Å². The molecule has 0 bridgehead atoms. The molecule has 2 rings (SSSR count). The fourth-order valence-electron chi connectivity index (χ4n) is 2.86. The number of likely N-dealkylation sites (tertiary alicyclic amines) is 1. The van der Waals surface area contributed by atoms with Gasteiger partial charge in [0, 0.05) is 19.2 Å². The summed E-state index contributed by atoms with van der Waals surface area (Å²) in [5, 5.41) is 9.52. The highest BCUT2D eigenvalue weighted by Gasteiger charge is 2.50. The second kappa shape index (κ2) is 5.81. The van der Waals surface area contributed by atoms with Crippen molar-refractivity contribution in [2.24, 2.45) is 0 Å². The summed E-state index contributed by atoms with van der Waals surface area (Å²) in [6, 6.07) is 4.01. The molecule has 1 aromatic rings. The smallest absolute Gasteiger partial charge is 0.332 e. The normalized spacial score (nSPS) is 21.6. The van der Waals surface area contributed by atoms with E-state index in [-0.39, 0.29) is 12.2 Å². The SMILES string of the molecule is COCC1(C(=O)O)CCCN1C(=O)c1cc(C)cc(F)c1. The maximum atomic E-state index is 13.5. The van der Waals surface area contributed by atoms with Crippen molar-refractivity contribution in [3.8, 4) is 0 Å². The van der Waals surface area contributed by atoms with Crippen molar-refractivity contribution < 1.29 is 23.8 Å². The van der Waals surface area contributed by atoms with Crippen molar-refractivity contribution in [3.63, 3.8) is 0 Å². The Hall–Kier alpha value is -1.95. The van der Waals surface area contributed by atoms with E-state index in [0.717, 1.165) is 6.07 Å². The number of nitrogens with zero attached hydrogens (tertiary/aromatic N) is 1. The third-order valence-electron chi connectivity index (χ3n) is 3.80. The molecular weight excluding hydrogens is 277 g/mol. The third kappa shape index (κ3) is 2.76. The van der Waals surface area contributed by atoms with Gasteiger partial charge in [0.1, 0.15) is 5.82 Å². The van der Waals surface area contributed by atoms with Crippen LogP contribution in [0.1, 0.15) is 28.8 Å². The first-order valence-electron chi connectivity index (χ1n) is 6.72. The van der Waals surface area contributed by atoms with Gasteiger partial charge in [0.2, 0.25) is 0 Å². The van der Waals surface area contributed by atoms with E-state index in [1.807, 2.05) is 0 Å². The highest BCUT2D eigenvalue weighted by molar-refractivity contribution is 5.98. The summed E-state index contributed by atoms with van der Waals surface area (Å²) in [4.78, 5) is 25.5. The number of hydrogen-bond acceptors (Lipinski definition) is 3. The van der Waals surface area contributed by atoms with Crippen LogP contribution in [0.5, 0.6) is 0 Å². The number of halogens is 1. The van der Waals surface area contributed by atoms with Crippen molar-refractivity contribution in [1.82, 2.24) is 4.90 Å². The molecule has 0 spiro atoms. The molecule has 5 nitrogen and oxygen atoms in total. The third-order valence-corrected chi connectivity index (χ3v) is 3.80. The van der Waals surface area contributed by atoms with Gasteiger partial charge in [-0.15, -0.1) is 0 Å². The van der Waals surface area contributed by atoms with E-state index in [1.165, 1.54) is 18.1 Å². The number of carbonyl (C=O) groups is 2. The van der Waals surface area contributed by atoms with Gasteiger partial charge in [-0.25, -0.2) is 9.18 Å². The molecule has 114 valence electrons. The number of hydrogen-bond donors (Lipinski definition) is 1. The molecule has 6 heteroatoms. The number of benzene rings is 1. The zero-order valence-electron chi connectivity index (χ0n) is 12.1. The van der Waals surface area contributed by atoms with Crippen LogP contribution in [0.25, 0.3) is 0 Å². The molecule has 1 aliphatic heterocycles. The van der Waals surface area contributed by atoms with Crippen LogP contribution < -0.4 is 0 Å². The molecule has 1 aromatic carbocycles. The standard InChI is InChI=1S/C15H18FNO4/c1-10-6-11(8-12(16)7-10)13(18)17-5-3-4-15(17,9-21-2)14(19)20/h6-8H,3-5,9H2,1-2H3,(H,19,20). The molecule has 0 saturated carbocycles. The molecule has 0 aliphatic carbocycles. The van der Waals surface area contributed by atoms with Crippen molar-refractivity contribution in [3.05, 3.63) is 35.1 Å². The monoisotopic (exact) mass is 295 g/mol. The van der Waals surface area contributed by atoms with Crippen molar-refractivity contribution in [1.29, 1.82) is 0 Å². The van der Waals surface area contributed by atoms with Crippen LogP contribution in [0, 0.1) is 12.7 Å². The average Bonchev–Trinajstić information content (AvgIpc) is 2.82. The Morgan fingerprint density at radius 3 is 2.71 bits per heavy atom. The lowest BCUT2D eigenvalue weighted by Crippen LogP contribution is -2.56. The van der Waals surface area contributed by atoms with Gasteiger partial charge in [-0.05, 0) is 43.5 Å². The van der Waals surface area contributed by atoms with Crippen LogP contribution in [-0.4, -0.2) is 47.7 Å². The molecule has 0 radical (unpaired) electrons. The number of amides is 1. The Bertz CT molecular complexity index is 555. The van der Waals surface area contributed by atoms with E-state index in [4.69, 9.17) is 4.74 Å².